The average Bonchev–Trinajstić information content (AvgIpc) is 3.17. The van der Waals surface area contributed by atoms with Gasteiger partial charge in [0.05, 0.1) is 18.2 Å². The number of ketones is 1. The van der Waals surface area contributed by atoms with E-state index >= 15 is 0 Å². The zero-order valence-corrected chi connectivity index (χ0v) is 22.7. The Labute approximate surface area is 228 Å². The van der Waals surface area contributed by atoms with Crippen LogP contribution in [-0.4, -0.2) is 65.5 Å². The molecule has 1 aliphatic rings. The maximum atomic E-state index is 13.3. The zero-order chi connectivity index (χ0) is 28.1. The van der Waals surface area contributed by atoms with Crippen LogP contribution in [0.25, 0.3) is 5.76 Å². The van der Waals surface area contributed by atoms with Gasteiger partial charge >= 0.3 is 0 Å². The molecule has 4 rings (SSSR count). The van der Waals surface area contributed by atoms with Gasteiger partial charge in [0.2, 0.25) is 0 Å². The van der Waals surface area contributed by atoms with E-state index in [0.29, 0.717) is 36.6 Å². The van der Waals surface area contributed by atoms with Gasteiger partial charge in [-0.1, -0.05) is 36.4 Å². The smallest absolute Gasteiger partial charge is 0.295 e. The first-order chi connectivity index (χ1) is 18.7. The van der Waals surface area contributed by atoms with E-state index in [1.165, 1.54) is 11.0 Å². The molecule has 8 nitrogen and oxygen atoms in total. The maximum Gasteiger partial charge on any atom is 0.295 e. The van der Waals surface area contributed by atoms with E-state index in [0.717, 1.165) is 11.1 Å². The van der Waals surface area contributed by atoms with Gasteiger partial charge in [0.1, 0.15) is 18.1 Å². The Morgan fingerprint density at radius 3 is 2.38 bits per heavy atom. The Hall–Kier alpha value is -4.30. The zero-order valence-electron chi connectivity index (χ0n) is 22.7. The number of likely N-dealkylation sites (N-methyl/N-ethyl adjacent to an activating group) is 1. The molecule has 0 unspecified atom stereocenters. The summed E-state index contributed by atoms with van der Waals surface area (Å²) in [4.78, 5) is 29.9. The van der Waals surface area contributed by atoms with Crippen LogP contribution in [0.2, 0.25) is 0 Å². The molecule has 39 heavy (non-hydrogen) atoms. The molecule has 1 atom stereocenters. The van der Waals surface area contributed by atoms with Crippen molar-refractivity contribution in [1.82, 2.24) is 9.80 Å². The number of aliphatic hydroxyl groups is 1. The summed E-state index contributed by atoms with van der Waals surface area (Å²) < 4.78 is 11.5. The molecule has 3 aromatic carbocycles. The highest BCUT2D eigenvalue weighted by Crippen LogP contribution is 2.42. The van der Waals surface area contributed by atoms with Gasteiger partial charge in [-0.15, -0.1) is 0 Å². The molecule has 0 saturated carbocycles. The van der Waals surface area contributed by atoms with E-state index in [-0.39, 0.29) is 29.4 Å². The van der Waals surface area contributed by atoms with Crippen LogP contribution >= 0.6 is 0 Å². The molecule has 1 saturated heterocycles. The third kappa shape index (κ3) is 6.07. The predicted octanol–water partition coefficient (Wildman–Crippen LogP) is 4.66. The van der Waals surface area contributed by atoms with Crippen molar-refractivity contribution in [2.24, 2.45) is 0 Å². The van der Waals surface area contributed by atoms with Crippen LogP contribution in [0.3, 0.4) is 0 Å². The average molecular weight is 531 g/mol. The van der Waals surface area contributed by atoms with Crippen molar-refractivity contribution >= 4 is 17.4 Å². The first-order valence-electron chi connectivity index (χ1n) is 12.9. The molecule has 8 heteroatoms. The van der Waals surface area contributed by atoms with Crippen molar-refractivity contribution in [3.63, 3.8) is 0 Å². The predicted molar refractivity (Wildman–Crippen MR) is 149 cm³/mol. The number of amides is 1. The third-order valence-electron chi connectivity index (χ3n) is 6.61. The summed E-state index contributed by atoms with van der Waals surface area (Å²) in [5.74, 6) is -0.873. The highest BCUT2D eigenvalue weighted by molar-refractivity contribution is 6.46. The Morgan fingerprint density at radius 2 is 1.72 bits per heavy atom. The minimum absolute atomic E-state index is 0.00996. The Balaban J connectivity index is 1.73. The van der Waals surface area contributed by atoms with E-state index in [1.54, 1.807) is 37.3 Å². The monoisotopic (exact) mass is 530 g/mol. The lowest BCUT2D eigenvalue weighted by atomic mass is 9.94. The number of Topliss-reactive ketones (excluding diaryl/α,β-unsaturated/α-hetero) is 1. The standard InChI is InChI=1S/C31H34N2O6/c1-5-38-26-18-22(11-13-24(26)34)28-27(30(36)31(37)33(28)16-15-32(3)4)29(35)23-12-14-25(20(2)17-23)39-19-21-9-7-6-8-10-21/h6-14,17-18,28,34-35H,5,15-16,19H2,1-4H3/t28-/m0/s1. The first kappa shape index (κ1) is 27.7. The number of carbonyl (C=O) groups excluding carboxylic acids is 2. The summed E-state index contributed by atoms with van der Waals surface area (Å²) in [6.45, 7) is 5.17. The molecule has 0 spiro atoms. The molecule has 3 aromatic rings. The first-order valence-corrected chi connectivity index (χ1v) is 12.9. The van der Waals surface area contributed by atoms with Gasteiger partial charge in [-0.3, -0.25) is 9.59 Å². The molecule has 1 aliphatic heterocycles. The molecule has 204 valence electrons. The number of aryl methyl sites for hydroxylation is 1. The number of phenolic OH excluding ortho intramolecular Hbond substituents is 1. The maximum absolute atomic E-state index is 13.3. The number of likely N-dealkylation sites (tertiary alicyclic amines) is 1. The van der Waals surface area contributed by atoms with Gasteiger partial charge in [0.25, 0.3) is 11.7 Å². The van der Waals surface area contributed by atoms with E-state index in [9.17, 15) is 19.8 Å². The van der Waals surface area contributed by atoms with E-state index < -0.39 is 17.7 Å². The second-order valence-electron chi connectivity index (χ2n) is 9.71. The summed E-state index contributed by atoms with van der Waals surface area (Å²) >= 11 is 0. The number of benzene rings is 3. The molecule has 0 aromatic heterocycles. The number of hydrogen-bond acceptors (Lipinski definition) is 7. The SMILES string of the molecule is CCOc1cc([C@H]2C(=C(O)c3ccc(OCc4ccccc4)c(C)c3)C(=O)C(=O)N2CCN(C)C)ccc1O. The molecular formula is C31H34N2O6. The fraction of sp³-hybridized carbons (Fsp3) is 0.290. The lowest BCUT2D eigenvalue weighted by Gasteiger charge is -2.27. The number of aliphatic hydroxyl groups excluding tert-OH is 1. The topological polar surface area (TPSA) is 99.5 Å². The fourth-order valence-electron chi connectivity index (χ4n) is 4.59. The summed E-state index contributed by atoms with van der Waals surface area (Å²) in [5, 5.41) is 21.7. The van der Waals surface area contributed by atoms with Gasteiger partial charge < -0.3 is 29.5 Å². The summed E-state index contributed by atoms with van der Waals surface area (Å²) in [7, 11) is 3.76. The minimum Gasteiger partial charge on any atom is -0.507 e. The highest BCUT2D eigenvalue weighted by Gasteiger charge is 2.46. The molecule has 0 aliphatic carbocycles. The van der Waals surface area contributed by atoms with Gasteiger partial charge in [-0.25, -0.2) is 0 Å². The van der Waals surface area contributed by atoms with Crippen molar-refractivity contribution in [1.29, 1.82) is 0 Å². The Kier molecular flexibility index (Phi) is 8.56. The third-order valence-corrected chi connectivity index (χ3v) is 6.61. The summed E-state index contributed by atoms with van der Waals surface area (Å²) in [6.07, 6.45) is 0. The van der Waals surface area contributed by atoms with Crippen molar-refractivity contribution in [3.8, 4) is 17.2 Å². The summed E-state index contributed by atoms with van der Waals surface area (Å²) in [5.41, 5.74) is 2.75. The number of phenols is 1. The van der Waals surface area contributed by atoms with E-state index in [4.69, 9.17) is 9.47 Å². The van der Waals surface area contributed by atoms with Crippen LogP contribution in [0, 0.1) is 6.92 Å². The Bertz CT molecular complexity index is 1380. The van der Waals surface area contributed by atoms with Crippen molar-refractivity contribution < 1.29 is 29.3 Å². The van der Waals surface area contributed by atoms with Crippen LogP contribution in [0.5, 0.6) is 17.2 Å². The van der Waals surface area contributed by atoms with E-state index in [1.807, 2.05) is 56.3 Å². The van der Waals surface area contributed by atoms with Crippen molar-refractivity contribution in [2.45, 2.75) is 26.5 Å². The lowest BCUT2D eigenvalue weighted by molar-refractivity contribution is -0.140. The second-order valence-corrected chi connectivity index (χ2v) is 9.71. The van der Waals surface area contributed by atoms with Gasteiger partial charge in [0, 0.05) is 18.7 Å². The van der Waals surface area contributed by atoms with Crippen LogP contribution in [0.15, 0.2) is 72.3 Å². The van der Waals surface area contributed by atoms with Crippen LogP contribution in [0.1, 0.15) is 35.2 Å². The molecular weight excluding hydrogens is 496 g/mol. The number of carbonyl (C=O) groups is 2. The second kappa shape index (κ2) is 12.0. The molecule has 2 N–H and O–H groups in total. The van der Waals surface area contributed by atoms with Crippen LogP contribution in [-0.2, 0) is 16.2 Å². The molecule has 0 radical (unpaired) electrons. The molecule has 1 heterocycles. The van der Waals surface area contributed by atoms with Crippen molar-refractivity contribution in [3.05, 3.63) is 94.6 Å². The number of hydrogen-bond donors (Lipinski definition) is 2. The van der Waals surface area contributed by atoms with Crippen LogP contribution < -0.4 is 9.47 Å². The Morgan fingerprint density at radius 1 is 0.974 bits per heavy atom. The molecule has 1 amide bonds. The normalized spacial score (nSPS) is 16.6. The fourth-order valence-corrected chi connectivity index (χ4v) is 4.59. The van der Waals surface area contributed by atoms with E-state index in [2.05, 4.69) is 0 Å². The molecule has 1 fully saturated rings. The number of rotatable bonds is 10. The van der Waals surface area contributed by atoms with Gasteiger partial charge in [-0.2, -0.15) is 0 Å². The quantitative estimate of drug-likeness (QED) is 0.223. The van der Waals surface area contributed by atoms with Gasteiger partial charge in [-0.05, 0) is 75.0 Å². The van der Waals surface area contributed by atoms with Crippen LogP contribution in [0.4, 0.5) is 0 Å². The summed E-state index contributed by atoms with van der Waals surface area (Å²) in [6, 6.07) is 18.8. The number of aromatic hydroxyl groups is 1. The van der Waals surface area contributed by atoms with Gasteiger partial charge in [0.15, 0.2) is 11.5 Å². The van der Waals surface area contributed by atoms with Crippen molar-refractivity contribution in [2.75, 3.05) is 33.8 Å². The largest absolute Gasteiger partial charge is 0.507 e. The highest BCUT2D eigenvalue weighted by atomic mass is 16.5. The molecule has 0 bridgehead atoms. The minimum atomic E-state index is -0.848. The number of ether oxygens (including phenoxy) is 2. The number of nitrogens with zero attached hydrogens (tertiary/aromatic N) is 2. The lowest BCUT2D eigenvalue weighted by Crippen LogP contribution is -2.35.